The Morgan fingerprint density at radius 3 is 2.66 bits per heavy atom. The molecule has 0 aliphatic carbocycles. The van der Waals surface area contributed by atoms with Gasteiger partial charge in [0.1, 0.15) is 11.6 Å². The highest BCUT2D eigenvalue weighted by molar-refractivity contribution is 6.29. The van der Waals surface area contributed by atoms with Crippen LogP contribution in [0.15, 0.2) is 36.4 Å². The maximum atomic E-state index is 12.9. The highest BCUT2D eigenvalue weighted by atomic mass is 35.5. The smallest absolute Gasteiger partial charge is 0.405 e. The molecule has 1 aromatic carbocycles. The van der Waals surface area contributed by atoms with Crippen molar-refractivity contribution in [3.63, 3.8) is 0 Å². The van der Waals surface area contributed by atoms with Crippen LogP contribution in [0.25, 0.3) is 5.82 Å². The molecule has 0 fully saturated rings. The third kappa shape index (κ3) is 3.75. The molecule has 0 radical (unpaired) electrons. The van der Waals surface area contributed by atoms with Crippen LogP contribution in [0.4, 0.5) is 19.0 Å². The number of nitrogens with zero attached hydrogens (tertiary/aromatic N) is 4. The number of anilines is 1. The van der Waals surface area contributed by atoms with Crippen LogP contribution in [0.2, 0.25) is 5.15 Å². The summed E-state index contributed by atoms with van der Waals surface area (Å²) in [7, 11) is 0. The Morgan fingerprint density at radius 2 is 1.97 bits per heavy atom. The van der Waals surface area contributed by atoms with E-state index in [0.717, 1.165) is 0 Å². The quantitative estimate of drug-likeness (QED) is 0.688. The molecule has 1 atom stereocenters. The molecule has 0 bridgehead atoms. The number of halogens is 4. The van der Waals surface area contributed by atoms with E-state index in [4.69, 9.17) is 11.6 Å². The topological polar surface area (TPSA) is 81.9 Å². The summed E-state index contributed by atoms with van der Waals surface area (Å²) >= 11 is 5.77. The minimum atomic E-state index is -4.85. The first-order valence-corrected chi connectivity index (χ1v) is 8.84. The second-order valence-corrected chi connectivity index (χ2v) is 6.75. The Hall–Kier alpha value is -3.14. The van der Waals surface area contributed by atoms with Crippen LogP contribution in [0.5, 0.6) is 5.75 Å². The lowest BCUT2D eigenvalue weighted by molar-refractivity contribution is -0.274. The molecule has 29 heavy (non-hydrogen) atoms. The first-order valence-electron chi connectivity index (χ1n) is 8.46. The summed E-state index contributed by atoms with van der Waals surface area (Å²) in [6, 6.07) is 8.84. The van der Waals surface area contributed by atoms with E-state index in [1.165, 1.54) is 28.9 Å². The fraction of sp³-hybridized carbons (Fsp3) is 0.222. The van der Waals surface area contributed by atoms with E-state index in [1.807, 2.05) is 0 Å². The van der Waals surface area contributed by atoms with Crippen molar-refractivity contribution in [3.8, 4) is 11.6 Å². The number of ether oxygens (including phenoxy) is 1. The molecule has 4 rings (SSSR count). The highest BCUT2D eigenvalue weighted by Gasteiger charge is 2.37. The third-order valence-electron chi connectivity index (χ3n) is 4.46. The van der Waals surface area contributed by atoms with Crippen molar-refractivity contribution in [1.29, 1.82) is 0 Å². The fourth-order valence-electron chi connectivity index (χ4n) is 3.39. The predicted molar refractivity (Wildman–Crippen MR) is 97.1 cm³/mol. The number of alkyl halides is 3. The van der Waals surface area contributed by atoms with E-state index >= 15 is 0 Å². The second kappa shape index (κ2) is 7.03. The number of para-hydroxylation sites is 1. The maximum absolute atomic E-state index is 12.9. The molecule has 7 nitrogen and oxygen atoms in total. The van der Waals surface area contributed by atoms with E-state index in [1.54, 1.807) is 19.1 Å². The summed E-state index contributed by atoms with van der Waals surface area (Å²) in [5, 5.41) is 15.0. The number of benzene rings is 1. The average molecular weight is 424 g/mol. The first kappa shape index (κ1) is 19.2. The molecule has 0 spiro atoms. The van der Waals surface area contributed by atoms with E-state index in [9.17, 15) is 18.0 Å². The number of hydrogen-bond acceptors (Lipinski definition) is 5. The monoisotopic (exact) mass is 423 g/mol. The SMILES string of the molecule is Cc1nn(-c2ccc(Cl)nn2)c2c1C(c1ccccc1OC(F)(F)F)CC(=O)N2. The minimum Gasteiger partial charge on any atom is -0.405 e. The van der Waals surface area contributed by atoms with Gasteiger partial charge in [0.05, 0.1) is 5.69 Å². The van der Waals surface area contributed by atoms with Gasteiger partial charge in [0.15, 0.2) is 11.0 Å². The van der Waals surface area contributed by atoms with E-state index in [2.05, 4.69) is 25.3 Å². The molecule has 1 amide bonds. The number of rotatable bonds is 3. The molecular weight excluding hydrogens is 411 g/mol. The van der Waals surface area contributed by atoms with Crippen molar-refractivity contribution in [2.75, 3.05) is 5.32 Å². The van der Waals surface area contributed by atoms with Gasteiger partial charge in [0.25, 0.3) is 0 Å². The van der Waals surface area contributed by atoms with Crippen LogP contribution in [0, 0.1) is 6.92 Å². The number of aryl methyl sites for hydroxylation is 1. The molecule has 1 unspecified atom stereocenters. The van der Waals surface area contributed by atoms with E-state index < -0.39 is 12.3 Å². The van der Waals surface area contributed by atoms with Crippen LogP contribution in [-0.2, 0) is 4.79 Å². The molecule has 1 aliphatic heterocycles. The third-order valence-corrected chi connectivity index (χ3v) is 4.66. The summed E-state index contributed by atoms with van der Waals surface area (Å²) in [6.45, 7) is 1.70. The lowest BCUT2D eigenvalue weighted by Crippen LogP contribution is -2.26. The maximum Gasteiger partial charge on any atom is 0.573 e. The average Bonchev–Trinajstić information content (AvgIpc) is 2.97. The number of hydrogen-bond donors (Lipinski definition) is 1. The molecule has 0 saturated heterocycles. The normalized spacial score (nSPS) is 16.3. The molecule has 3 aromatic rings. The number of carbonyl (C=O) groups excluding carboxylic acids is 1. The van der Waals surface area contributed by atoms with Crippen LogP contribution < -0.4 is 10.1 Å². The first-order chi connectivity index (χ1) is 13.7. The summed E-state index contributed by atoms with van der Waals surface area (Å²) in [5.41, 5.74) is 1.36. The molecule has 2 aromatic heterocycles. The van der Waals surface area contributed by atoms with Gasteiger partial charge in [-0.2, -0.15) is 9.78 Å². The summed E-state index contributed by atoms with van der Waals surface area (Å²) in [4.78, 5) is 12.4. The van der Waals surface area contributed by atoms with Crippen LogP contribution in [0.3, 0.4) is 0 Å². The Balaban J connectivity index is 1.85. The van der Waals surface area contributed by atoms with E-state index in [-0.39, 0.29) is 28.8 Å². The number of amides is 1. The number of carbonyl (C=O) groups is 1. The number of aromatic nitrogens is 4. The molecule has 150 valence electrons. The van der Waals surface area contributed by atoms with Crippen LogP contribution in [0.1, 0.15) is 29.2 Å². The fourth-order valence-corrected chi connectivity index (χ4v) is 3.49. The zero-order valence-electron chi connectivity index (χ0n) is 14.9. The van der Waals surface area contributed by atoms with Gasteiger partial charge in [-0.1, -0.05) is 29.8 Å². The summed E-state index contributed by atoms with van der Waals surface area (Å²) in [6.07, 6.45) is -4.90. The van der Waals surface area contributed by atoms with Crippen LogP contribution in [-0.4, -0.2) is 32.2 Å². The van der Waals surface area contributed by atoms with Crippen molar-refractivity contribution in [2.45, 2.75) is 25.6 Å². The van der Waals surface area contributed by atoms with Gasteiger partial charge >= 0.3 is 6.36 Å². The van der Waals surface area contributed by atoms with Gasteiger partial charge in [-0.25, -0.2) is 0 Å². The van der Waals surface area contributed by atoms with Gasteiger partial charge in [-0.15, -0.1) is 23.4 Å². The molecule has 3 heterocycles. The van der Waals surface area contributed by atoms with Crippen molar-refractivity contribution in [1.82, 2.24) is 20.0 Å². The zero-order chi connectivity index (χ0) is 20.8. The number of fused-ring (bicyclic) bond motifs is 1. The lowest BCUT2D eigenvalue weighted by atomic mass is 9.85. The van der Waals surface area contributed by atoms with Crippen LogP contribution >= 0.6 is 11.6 Å². The number of nitrogens with one attached hydrogen (secondary N) is 1. The van der Waals surface area contributed by atoms with Gasteiger partial charge in [-0.05, 0) is 25.1 Å². The minimum absolute atomic E-state index is 0.0515. The second-order valence-electron chi connectivity index (χ2n) is 6.36. The molecule has 1 aliphatic rings. The van der Waals surface area contributed by atoms with Crippen molar-refractivity contribution in [3.05, 3.63) is 58.4 Å². The van der Waals surface area contributed by atoms with Gasteiger partial charge in [-0.3, -0.25) is 4.79 Å². The summed E-state index contributed by atoms with van der Waals surface area (Å²) < 4.78 is 44.1. The molecular formula is C18H13ClF3N5O2. The molecule has 11 heteroatoms. The van der Waals surface area contributed by atoms with Gasteiger partial charge in [0.2, 0.25) is 5.91 Å². The Labute approximate surface area is 167 Å². The molecule has 1 N–H and O–H groups in total. The van der Waals surface area contributed by atoms with E-state index in [0.29, 0.717) is 22.9 Å². The predicted octanol–water partition coefficient (Wildman–Crippen LogP) is 4.00. The Morgan fingerprint density at radius 1 is 1.21 bits per heavy atom. The lowest BCUT2D eigenvalue weighted by Gasteiger charge is -2.26. The van der Waals surface area contributed by atoms with Gasteiger partial charge in [0, 0.05) is 23.5 Å². The Kier molecular flexibility index (Phi) is 4.65. The highest BCUT2D eigenvalue weighted by Crippen LogP contribution is 2.43. The van der Waals surface area contributed by atoms with Crippen molar-refractivity contribution in [2.24, 2.45) is 0 Å². The Bertz CT molecular complexity index is 1080. The van der Waals surface area contributed by atoms with Gasteiger partial charge < -0.3 is 10.1 Å². The summed E-state index contributed by atoms with van der Waals surface area (Å²) in [5.74, 6) is -0.774. The van der Waals surface area contributed by atoms with Crippen molar-refractivity contribution >= 4 is 23.3 Å². The largest absolute Gasteiger partial charge is 0.573 e. The standard InChI is InChI=1S/C18H13ClF3N5O2/c1-9-16-11(10-4-2-3-5-12(10)29-18(20,21)22)8-15(28)23-17(16)27(26-9)14-7-6-13(19)24-25-14/h2-7,11H,8H2,1H3,(H,23,28). The zero-order valence-corrected chi connectivity index (χ0v) is 15.6. The molecule has 0 saturated carbocycles. The van der Waals surface area contributed by atoms with Crippen molar-refractivity contribution < 1.29 is 22.7 Å².